The minimum atomic E-state index is -0.396. The summed E-state index contributed by atoms with van der Waals surface area (Å²) in [6, 6.07) is 11.2. The zero-order chi connectivity index (χ0) is 20.4. The van der Waals surface area contributed by atoms with E-state index in [2.05, 4.69) is 4.98 Å². The van der Waals surface area contributed by atoms with Crippen molar-refractivity contribution in [2.75, 3.05) is 32.8 Å². The fraction of sp³-hybridized carbons (Fsp3) is 0.409. The largest absolute Gasteiger partial charge is 0.368 e. The van der Waals surface area contributed by atoms with Crippen molar-refractivity contribution in [3.63, 3.8) is 0 Å². The van der Waals surface area contributed by atoms with Crippen LogP contribution in [0, 0.1) is 6.92 Å². The van der Waals surface area contributed by atoms with Gasteiger partial charge in [-0.1, -0.05) is 23.8 Å². The molecule has 7 heteroatoms. The molecule has 2 aromatic rings. The first-order valence-corrected chi connectivity index (χ1v) is 10.0. The topological polar surface area (TPSA) is 82.7 Å². The lowest BCUT2D eigenvalue weighted by atomic mass is 10.1. The summed E-state index contributed by atoms with van der Waals surface area (Å²) in [6.45, 7) is 4.37. The molecular formula is C22H25N3O4. The first-order valence-electron chi connectivity index (χ1n) is 10.0. The minimum Gasteiger partial charge on any atom is -0.368 e. The van der Waals surface area contributed by atoms with E-state index in [0.29, 0.717) is 38.5 Å². The molecular weight excluding hydrogens is 370 g/mol. The predicted octanol–water partition coefficient (Wildman–Crippen LogP) is 1.81. The Morgan fingerprint density at radius 3 is 2.48 bits per heavy atom. The first kappa shape index (κ1) is 19.4. The molecule has 0 saturated carbocycles. The standard InChI is InChI=1S/C22H25N3O4/c1-15-4-2-5-16(14-15)18-8-7-17(20(26)23-18)21(27)24-9-11-25(12-10-24)22(28)19-6-3-13-29-19/h2,4-5,7-8,14,19H,3,6,9-13H2,1H3,(H,23,26). The average molecular weight is 395 g/mol. The Morgan fingerprint density at radius 1 is 1.07 bits per heavy atom. The minimum absolute atomic E-state index is 0.00922. The number of hydrogen-bond donors (Lipinski definition) is 1. The summed E-state index contributed by atoms with van der Waals surface area (Å²) in [5, 5.41) is 0. The number of amides is 2. The molecule has 1 aromatic heterocycles. The van der Waals surface area contributed by atoms with Gasteiger partial charge in [0.15, 0.2) is 0 Å². The van der Waals surface area contributed by atoms with Gasteiger partial charge in [-0.05, 0) is 43.5 Å². The van der Waals surface area contributed by atoms with Crippen molar-refractivity contribution in [2.24, 2.45) is 0 Å². The normalized spacial score (nSPS) is 19.4. The Labute approximate surface area is 169 Å². The van der Waals surface area contributed by atoms with E-state index in [1.54, 1.807) is 21.9 Å². The predicted molar refractivity (Wildman–Crippen MR) is 109 cm³/mol. The summed E-state index contributed by atoms with van der Waals surface area (Å²) in [6.07, 6.45) is 1.34. The third-order valence-corrected chi connectivity index (χ3v) is 5.55. The van der Waals surface area contributed by atoms with Crippen molar-refractivity contribution in [3.05, 3.63) is 57.9 Å². The molecule has 2 aliphatic heterocycles. The number of aromatic nitrogens is 1. The second-order valence-electron chi connectivity index (χ2n) is 7.60. The maximum atomic E-state index is 12.8. The fourth-order valence-electron chi connectivity index (χ4n) is 3.90. The van der Waals surface area contributed by atoms with E-state index in [0.717, 1.165) is 24.0 Å². The number of nitrogens with zero attached hydrogens (tertiary/aromatic N) is 2. The smallest absolute Gasteiger partial charge is 0.261 e. The average Bonchev–Trinajstić information content (AvgIpc) is 3.28. The molecule has 1 N–H and O–H groups in total. The van der Waals surface area contributed by atoms with E-state index in [1.165, 1.54) is 0 Å². The molecule has 29 heavy (non-hydrogen) atoms. The summed E-state index contributed by atoms with van der Waals surface area (Å²) >= 11 is 0. The van der Waals surface area contributed by atoms with Crippen LogP contribution in [0.1, 0.15) is 28.8 Å². The Morgan fingerprint density at radius 2 is 1.83 bits per heavy atom. The molecule has 2 saturated heterocycles. The molecule has 4 rings (SSSR count). The van der Waals surface area contributed by atoms with E-state index in [1.807, 2.05) is 31.2 Å². The van der Waals surface area contributed by atoms with Crippen LogP contribution in [0.25, 0.3) is 11.3 Å². The van der Waals surface area contributed by atoms with Crippen LogP contribution < -0.4 is 5.56 Å². The summed E-state index contributed by atoms with van der Waals surface area (Å²) in [5.41, 5.74) is 2.41. The highest BCUT2D eigenvalue weighted by atomic mass is 16.5. The maximum absolute atomic E-state index is 12.8. The van der Waals surface area contributed by atoms with Gasteiger partial charge in [0.05, 0.1) is 0 Å². The third kappa shape index (κ3) is 4.10. The van der Waals surface area contributed by atoms with Crippen molar-refractivity contribution in [1.29, 1.82) is 0 Å². The van der Waals surface area contributed by atoms with E-state index in [-0.39, 0.29) is 23.5 Å². The number of pyridine rings is 1. The van der Waals surface area contributed by atoms with Crippen LogP contribution in [0.4, 0.5) is 0 Å². The number of nitrogens with one attached hydrogen (secondary N) is 1. The third-order valence-electron chi connectivity index (χ3n) is 5.55. The van der Waals surface area contributed by atoms with Gasteiger partial charge < -0.3 is 19.5 Å². The maximum Gasteiger partial charge on any atom is 0.261 e. The highest BCUT2D eigenvalue weighted by Gasteiger charge is 2.31. The number of hydrogen-bond acceptors (Lipinski definition) is 4. The van der Waals surface area contributed by atoms with Gasteiger partial charge in [-0.3, -0.25) is 14.4 Å². The second kappa shape index (κ2) is 8.21. The second-order valence-corrected chi connectivity index (χ2v) is 7.60. The number of carbonyl (C=O) groups is 2. The number of H-pyrrole nitrogens is 1. The number of ether oxygens (including phenoxy) is 1. The van der Waals surface area contributed by atoms with Gasteiger partial charge in [-0.15, -0.1) is 0 Å². The highest BCUT2D eigenvalue weighted by Crippen LogP contribution is 2.18. The summed E-state index contributed by atoms with van der Waals surface area (Å²) in [7, 11) is 0. The molecule has 3 heterocycles. The summed E-state index contributed by atoms with van der Waals surface area (Å²) in [4.78, 5) is 44.0. The van der Waals surface area contributed by atoms with Crippen molar-refractivity contribution in [1.82, 2.24) is 14.8 Å². The molecule has 0 aliphatic carbocycles. The molecule has 7 nitrogen and oxygen atoms in total. The molecule has 1 atom stereocenters. The summed E-state index contributed by atoms with van der Waals surface area (Å²) in [5.74, 6) is -0.291. The van der Waals surface area contributed by atoms with Crippen molar-refractivity contribution in [2.45, 2.75) is 25.9 Å². The first-order chi connectivity index (χ1) is 14.0. The van der Waals surface area contributed by atoms with Gasteiger partial charge in [-0.2, -0.15) is 0 Å². The zero-order valence-electron chi connectivity index (χ0n) is 16.5. The monoisotopic (exact) mass is 395 g/mol. The quantitative estimate of drug-likeness (QED) is 0.859. The molecule has 0 spiro atoms. The number of rotatable bonds is 3. The van der Waals surface area contributed by atoms with E-state index in [9.17, 15) is 14.4 Å². The number of benzene rings is 1. The molecule has 2 aliphatic rings. The van der Waals surface area contributed by atoms with Gasteiger partial charge in [0, 0.05) is 38.5 Å². The van der Waals surface area contributed by atoms with Crippen molar-refractivity contribution >= 4 is 11.8 Å². The van der Waals surface area contributed by atoms with Crippen LogP contribution in [0.2, 0.25) is 0 Å². The highest BCUT2D eigenvalue weighted by molar-refractivity contribution is 5.94. The fourth-order valence-corrected chi connectivity index (χ4v) is 3.90. The molecule has 1 unspecified atom stereocenters. The van der Waals surface area contributed by atoms with E-state index < -0.39 is 5.56 Å². The van der Waals surface area contributed by atoms with Gasteiger partial charge in [0.25, 0.3) is 17.4 Å². The van der Waals surface area contributed by atoms with Gasteiger partial charge in [0.2, 0.25) is 0 Å². The summed E-state index contributed by atoms with van der Waals surface area (Å²) < 4.78 is 5.47. The molecule has 0 bridgehead atoms. The lowest BCUT2D eigenvalue weighted by Crippen LogP contribution is -2.53. The van der Waals surface area contributed by atoms with Crippen LogP contribution in [-0.4, -0.2) is 65.5 Å². The van der Waals surface area contributed by atoms with Crippen molar-refractivity contribution < 1.29 is 14.3 Å². The van der Waals surface area contributed by atoms with Crippen LogP contribution in [0.5, 0.6) is 0 Å². The van der Waals surface area contributed by atoms with Crippen LogP contribution in [0.15, 0.2) is 41.2 Å². The zero-order valence-corrected chi connectivity index (χ0v) is 16.5. The SMILES string of the molecule is Cc1cccc(-c2ccc(C(=O)N3CCN(C(=O)C4CCCO4)CC3)c(=O)[nH]2)c1. The number of aryl methyl sites for hydroxylation is 1. The Kier molecular flexibility index (Phi) is 5.49. The van der Waals surface area contributed by atoms with Crippen LogP contribution in [-0.2, 0) is 9.53 Å². The van der Waals surface area contributed by atoms with Gasteiger partial charge in [0.1, 0.15) is 11.7 Å². The molecule has 2 fully saturated rings. The molecule has 0 radical (unpaired) electrons. The Bertz CT molecular complexity index is 970. The lowest BCUT2D eigenvalue weighted by molar-refractivity contribution is -0.142. The molecule has 152 valence electrons. The Hall–Kier alpha value is -2.93. The lowest BCUT2D eigenvalue weighted by Gasteiger charge is -2.35. The van der Waals surface area contributed by atoms with Gasteiger partial charge >= 0.3 is 0 Å². The van der Waals surface area contributed by atoms with Gasteiger partial charge in [-0.25, -0.2) is 0 Å². The number of aromatic amines is 1. The molecule has 2 amide bonds. The molecule has 1 aromatic carbocycles. The van der Waals surface area contributed by atoms with Crippen LogP contribution in [0.3, 0.4) is 0 Å². The van der Waals surface area contributed by atoms with E-state index in [4.69, 9.17) is 4.74 Å². The van der Waals surface area contributed by atoms with Crippen molar-refractivity contribution in [3.8, 4) is 11.3 Å². The Balaban J connectivity index is 1.42. The number of piperazine rings is 1. The van der Waals surface area contributed by atoms with E-state index >= 15 is 0 Å². The van der Waals surface area contributed by atoms with Crippen LogP contribution >= 0.6 is 0 Å². The number of carbonyl (C=O) groups excluding carboxylic acids is 2.